The predicted octanol–water partition coefficient (Wildman–Crippen LogP) is 4.22. The fourth-order valence-electron chi connectivity index (χ4n) is 3.13. The van der Waals surface area contributed by atoms with Crippen LogP contribution in [0.1, 0.15) is 28.8 Å². The molecule has 151 valence electrons. The van der Waals surface area contributed by atoms with E-state index in [2.05, 4.69) is 17.3 Å². The minimum atomic E-state index is -4.56. The summed E-state index contributed by atoms with van der Waals surface area (Å²) in [4.78, 5) is 14.7. The van der Waals surface area contributed by atoms with Crippen molar-refractivity contribution in [2.45, 2.75) is 23.7 Å². The largest absolute Gasteiger partial charge is 0.147 e. The van der Waals surface area contributed by atoms with Gasteiger partial charge in [0, 0.05) is 0 Å². The first-order valence-corrected chi connectivity index (χ1v) is 10.8. The topological polar surface area (TPSA) is 32.3 Å². The third kappa shape index (κ3) is 6.00. The average Bonchev–Trinajstić information content (AvgIpc) is 2.63. The maximum atomic E-state index is 13.1. The predicted molar refractivity (Wildman–Crippen MR) is 109 cm³/mol. The van der Waals surface area contributed by atoms with E-state index < -0.39 is 17.6 Å². The number of halogens is 4. The Bertz CT molecular complexity index is 808. The molecular weight excluding hydrogens is 452 g/mol. The quantitative estimate of drug-likeness (QED) is 0.674. The summed E-state index contributed by atoms with van der Waals surface area (Å²) in [5.41, 5.74) is -0.743. The Balaban J connectivity index is 0.00000280. The standard InChI is InChI=1S/C20H21AsF3N2O.ClH/c1-26-11-9-14(10-12-26)21-15-5-4-6-16(13-15)25-19(27)17-7-2-3-8-18(17)20(22,23)24;/h2-8,13-14H,9-12H2,1H3,(H,25,27);1H. The Morgan fingerprint density at radius 3 is 2.46 bits per heavy atom. The molecule has 2 aromatic rings. The van der Waals surface area contributed by atoms with Crippen LogP contribution in [-0.4, -0.2) is 46.7 Å². The molecule has 1 N–H and O–H groups in total. The van der Waals surface area contributed by atoms with E-state index in [1.807, 2.05) is 18.2 Å². The van der Waals surface area contributed by atoms with Crippen molar-refractivity contribution < 1.29 is 18.0 Å². The molecule has 0 atom stereocenters. The summed E-state index contributed by atoms with van der Waals surface area (Å²) in [6.45, 7) is 2.20. The summed E-state index contributed by atoms with van der Waals surface area (Å²) in [6, 6.07) is 12.3. The Labute approximate surface area is 175 Å². The molecule has 2 aromatic carbocycles. The van der Waals surface area contributed by atoms with Crippen LogP contribution in [0.4, 0.5) is 18.9 Å². The van der Waals surface area contributed by atoms with Crippen molar-refractivity contribution in [1.82, 2.24) is 4.90 Å². The second kappa shape index (κ2) is 9.82. The van der Waals surface area contributed by atoms with Crippen LogP contribution in [0, 0.1) is 0 Å². The van der Waals surface area contributed by atoms with Gasteiger partial charge in [0.1, 0.15) is 0 Å². The number of likely N-dealkylation sites (tertiary alicyclic amines) is 1. The smallest absolute Gasteiger partial charge is 0.147 e. The van der Waals surface area contributed by atoms with Crippen LogP contribution < -0.4 is 9.67 Å². The van der Waals surface area contributed by atoms with Crippen molar-refractivity contribution in [3.05, 3.63) is 59.7 Å². The van der Waals surface area contributed by atoms with Crippen LogP contribution >= 0.6 is 12.4 Å². The molecule has 1 saturated heterocycles. The van der Waals surface area contributed by atoms with Crippen LogP contribution in [0.3, 0.4) is 0 Å². The fourth-order valence-corrected chi connectivity index (χ4v) is 5.85. The van der Waals surface area contributed by atoms with E-state index in [0.717, 1.165) is 19.2 Å². The Hall–Kier alpha value is -1.49. The normalized spacial score (nSPS) is 16.1. The van der Waals surface area contributed by atoms with Gasteiger partial charge in [-0.2, -0.15) is 0 Å². The minimum Gasteiger partial charge on any atom is -0.147 e. The number of benzene rings is 2. The molecule has 0 saturated carbocycles. The van der Waals surface area contributed by atoms with Gasteiger partial charge < -0.3 is 0 Å². The molecule has 28 heavy (non-hydrogen) atoms. The van der Waals surface area contributed by atoms with E-state index in [-0.39, 0.29) is 33.7 Å². The molecule has 0 aliphatic carbocycles. The molecule has 1 fully saturated rings. The number of hydrogen-bond donors (Lipinski definition) is 1. The molecule has 3 rings (SSSR count). The van der Waals surface area contributed by atoms with Crippen LogP contribution in [0.25, 0.3) is 0 Å². The number of anilines is 1. The number of rotatable bonds is 4. The second-order valence-corrected chi connectivity index (χ2v) is 9.87. The molecule has 1 radical (unpaired) electrons. The number of carbonyl (C=O) groups is 1. The molecule has 1 heterocycles. The Morgan fingerprint density at radius 1 is 1.11 bits per heavy atom. The van der Waals surface area contributed by atoms with E-state index in [1.54, 1.807) is 6.07 Å². The van der Waals surface area contributed by atoms with Crippen molar-refractivity contribution in [2.75, 3.05) is 25.5 Å². The van der Waals surface area contributed by atoms with Crippen molar-refractivity contribution in [3.63, 3.8) is 0 Å². The molecule has 0 unspecified atom stereocenters. The van der Waals surface area contributed by atoms with Gasteiger partial charge in [0.2, 0.25) is 0 Å². The fraction of sp³-hybridized carbons (Fsp3) is 0.350. The number of carbonyl (C=O) groups excluding carboxylic acids is 1. The van der Waals surface area contributed by atoms with Crippen molar-refractivity contribution in [1.29, 1.82) is 0 Å². The van der Waals surface area contributed by atoms with Gasteiger partial charge in [-0.15, -0.1) is 12.4 Å². The SMILES string of the molecule is CN1CCC([As]c2cccc(NC(=O)c3ccccc3C(F)(F)F)c2)CC1.Cl. The van der Waals surface area contributed by atoms with Crippen molar-refractivity contribution in [2.24, 2.45) is 0 Å². The van der Waals surface area contributed by atoms with Gasteiger partial charge in [0.05, 0.1) is 0 Å². The van der Waals surface area contributed by atoms with Crippen LogP contribution in [0.5, 0.6) is 0 Å². The summed E-state index contributed by atoms with van der Waals surface area (Å²) in [7, 11) is 2.13. The summed E-state index contributed by atoms with van der Waals surface area (Å²) >= 11 is -0.0313. The summed E-state index contributed by atoms with van der Waals surface area (Å²) in [5, 5.41) is 2.62. The van der Waals surface area contributed by atoms with Gasteiger partial charge in [-0.1, -0.05) is 0 Å². The van der Waals surface area contributed by atoms with Crippen LogP contribution in [0.15, 0.2) is 48.5 Å². The molecule has 3 nitrogen and oxygen atoms in total. The summed E-state index contributed by atoms with van der Waals surface area (Å²) in [6.07, 6.45) is -2.22. The van der Waals surface area contributed by atoms with Gasteiger partial charge >= 0.3 is 163 Å². The zero-order valence-electron chi connectivity index (χ0n) is 15.4. The monoisotopic (exact) mass is 473 g/mol. The van der Waals surface area contributed by atoms with Crippen LogP contribution in [-0.2, 0) is 6.18 Å². The minimum absolute atomic E-state index is 0. The Morgan fingerprint density at radius 2 is 1.79 bits per heavy atom. The van der Waals surface area contributed by atoms with Crippen molar-refractivity contribution >= 4 is 44.1 Å². The number of piperidine rings is 1. The van der Waals surface area contributed by atoms with Crippen LogP contribution in [0.2, 0.25) is 4.71 Å². The molecular formula is C20H22AsClF3N2O. The number of alkyl halides is 3. The third-order valence-electron chi connectivity index (χ3n) is 4.60. The number of nitrogens with zero attached hydrogens (tertiary/aromatic N) is 1. The van der Waals surface area contributed by atoms with E-state index >= 15 is 0 Å². The summed E-state index contributed by atoms with van der Waals surface area (Å²) in [5.74, 6) is -0.740. The van der Waals surface area contributed by atoms with Gasteiger partial charge in [-0.3, -0.25) is 0 Å². The molecule has 8 heteroatoms. The zero-order chi connectivity index (χ0) is 19.4. The van der Waals surface area contributed by atoms with Crippen molar-refractivity contribution in [3.8, 4) is 0 Å². The Kier molecular flexibility index (Phi) is 7.99. The number of nitrogens with one attached hydrogen (secondary N) is 1. The van der Waals surface area contributed by atoms with E-state index in [0.29, 0.717) is 10.4 Å². The van der Waals surface area contributed by atoms with E-state index in [9.17, 15) is 18.0 Å². The number of hydrogen-bond acceptors (Lipinski definition) is 2. The van der Waals surface area contributed by atoms with E-state index in [1.165, 1.54) is 35.4 Å². The summed E-state index contributed by atoms with van der Waals surface area (Å²) < 4.78 is 41.2. The third-order valence-corrected chi connectivity index (χ3v) is 7.66. The zero-order valence-corrected chi connectivity index (χ0v) is 18.1. The molecule has 1 amide bonds. The average molecular weight is 474 g/mol. The van der Waals surface area contributed by atoms with Gasteiger partial charge in [0.15, 0.2) is 0 Å². The van der Waals surface area contributed by atoms with Gasteiger partial charge in [0.25, 0.3) is 0 Å². The van der Waals surface area contributed by atoms with Gasteiger partial charge in [-0.05, 0) is 0 Å². The second-order valence-electron chi connectivity index (χ2n) is 6.71. The first-order valence-electron chi connectivity index (χ1n) is 8.80. The maximum absolute atomic E-state index is 13.1. The molecule has 0 spiro atoms. The molecule has 0 aromatic heterocycles. The molecule has 1 aliphatic heterocycles. The molecule has 1 aliphatic rings. The molecule has 0 bridgehead atoms. The van der Waals surface area contributed by atoms with E-state index in [4.69, 9.17) is 0 Å². The first-order chi connectivity index (χ1) is 12.8. The number of amides is 1. The maximum Gasteiger partial charge on any atom is -0.147 e. The first kappa shape index (κ1) is 22.8. The van der Waals surface area contributed by atoms with Gasteiger partial charge in [-0.25, -0.2) is 0 Å².